The minimum atomic E-state index is -4.28. The SMILES string of the molecule is Cc1cc([S+]2CCCCC2)cc(C)c1OS(=O)(=O)C1=CC(=[N+]=[N-])C(=O)c2ccccc21. The Kier molecular flexibility index (Phi) is 5.88. The van der Waals surface area contributed by atoms with Crippen LogP contribution in [0, 0.1) is 13.8 Å². The maximum atomic E-state index is 13.2. The molecule has 4 rings (SSSR count). The number of hydrogen-bond donors (Lipinski definition) is 0. The molecular formula is C23H23N2O4S2+. The summed E-state index contributed by atoms with van der Waals surface area (Å²) >= 11 is 0. The molecule has 1 saturated heterocycles. The highest BCUT2D eigenvalue weighted by atomic mass is 32.2. The lowest BCUT2D eigenvalue weighted by atomic mass is 9.95. The summed E-state index contributed by atoms with van der Waals surface area (Å²) in [4.78, 5) is 16.4. The molecule has 0 spiro atoms. The van der Waals surface area contributed by atoms with E-state index in [1.165, 1.54) is 41.7 Å². The molecule has 8 heteroatoms. The van der Waals surface area contributed by atoms with Gasteiger partial charge in [0.05, 0.1) is 6.08 Å². The highest BCUT2D eigenvalue weighted by Crippen LogP contribution is 2.35. The zero-order valence-electron chi connectivity index (χ0n) is 17.4. The Bertz CT molecular complexity index is 1230. The van der Waals surface area contributed by atoms with Crippen LogP contribution in [0.15, 0.2) is 47.4 Å². The molecule has 2 aromatic carbocycles. The second-order valence-electron chi connectivity index (χ2n) is 7.75. The first-order valence-corrected chi connectivity index (χ1v) is 13.1. The maximum absolute atomic E-state index is 13.2. The number of rotatable bonds is 4. The van der Waals surface area contributed by atoms with Gasteiger partial charge in [-0.3, -0.25) is 4.79 Å². The minimum Gasteiger partial charge on any atom is -0.378 e. The van der Waals surface area contributed by atoms with Gasteiger partial charge in [0.15, 0.2) is 4.90 Å². The van der Waals surface area contributed by atoms with E-state index in [1.54, 1.807) is 18.2 Å². The van der Waals surface area contributed by atoms with Crippen LogP contribution in [-0.4, -0.2) is 36.2 Å². The third kappa shape index (κ3) is 4.11. The first kappa shape index (κ1) is 21.6. The lowest BCUT2D eigenvalue weighted by Crippen LogP contribution is -2.24. The third-order valence-corrected chi connectivity index (χ3v) is 9.28. The normalized spacial score (nSPS) is 17.0. The Balaban J connectivity index is 1.72. The molecule has 1 fully saturated rings. The number of nitrogens with zero attached hydrogens (tertiary/aromatic N) is 2. The highest BCUT2D eigenvalue weighted by Gasteiger charge is 2.37. The highest BCUT2D eigenvalue weighted by molar-refractivity contribution is 7.97. The summed E-state index contributed by atoms with van der Waals surface area (Å²) in [7, 11) is -4.08. The van der Waals surface area contributed by atoms with Gasteiger partial charge in [-0.2, -0.15) is 13.2 Å². The molecule has 0 atom stereocenters. The summed E-state index contributed by atoms with van der Waals surface area (Å²) in [5, 5.41) is 0. The van der Waals surface area contributed by atoms with E-state index in [-0.39, 0.29) is 32.6 Å². The van der Waals surface area contributed by atoms with Crippen LogP contribution in [0.25, 0.3) is 10.4 Å². The minimum absolute atomic E-state index is 0.155. The molecule has 0 bridgehead atoms. The number of aryl methyl sites for hydroxylation is 2. The molecule has 0 unspecified atom stereocenters. The van der Waals surface area contributed by atoms with Gasteiger partial charge in [0, 0.05) is 22.0 Å². The molecule has 2 aliphatic rings. The molecule has 1 aliphatic carbocycles. The summed E-state index contributed by atoms with van der Waals surface area (Å²) in [5.74, 6) is 2.11. The lowest BCUT2D eigenvalue weighted by molar-refractivity contribution is -0.00437. The quantitative estimate of drug-likeness (QED) is 0.300. The zero-order chi connectivity index (χ0) is 22.2. The van der Waals surface area contributed by atoms with Gasteiger partial charge in [0.25, 0.3) is 5.78 Å². The Morgan fingerprint density at radius 1 is 1.00 bits per heavy atom. The fourth-order valence-corrected chi connectivity index (χ4v) is 7.76. The van der Waals surface area contributed by atoms with Crippen molar-refractivity contribution >= 4 is 37.4 Å². The fourth-order valence-electron chi connectivity index (χ4n) is 4.01. The van der Waals surface area contributed by atoms with E-state index < -0.39 is 15.9 Å². The van der Waals surface area contributed by atoms with E-state index in [0.717, 1.165) is 17.2 Å². The van der Waals surface area contributed by atoms with E-state index in [4.69, 9.17) is 4.18 Å². The lowest BCUT2D eigenvalue weighted by Gasteiger charge is -2.18. The summed E-state index contributed by atoms with van der Waals surface area (Å²) in [6.45, 7) is 3.70. The predicted molar refractivity (Wildman–Crippen MR) is 122 cm³/mol. The average Bonchev–Trinajstić information content (AvgIpc) is 2.77. The molecule has 1 heterocycles. The van der Waals surface area contributed by atoms with Gasteiger partial charge in [-0.15, -0.1) is 0 Å². The molecular weight excluding hydrogens is 432 g/mol. The van der Waals surface area contributed by atoms with Crippen LogP contribution >= 0.6 is 0 Å². The summed E-state index contributed by atoms with van der Waals surface area (Å²) in [6, 6.07) is 10.4. The van der Waals surface area contributed by atoms with Crippen LogP contribution in [0.3, 0.4) is 0 Å². The van der Waals surface area contributed by atoms with Gasteiger partial charge in [0.1, 0.15) is 22.2 Å². The van der Waals surface area contributed by atoms with Crippen LogP contribution in [0.4, 0.5) is 0 Å². The number of carbonyl (C=O) groups excluding carboxylic acids is 1. The molecule has 0 N–H and O–H groups in total. The smallest absolute Gasteiger partial charge is 0.364 e. The van der Waals surface area contributed by atoms with Gasteiger partial charge in [-0.1, -0.05) is 24.3 Å². The second-order valence-corrected chi connectivity index (χ2v) is 11.5. The van der Waals surface area contributed by atoms with Gasteiger partial charge in [-0.25, -0.2) is 0 Å². The van der Waals surface area contributed by atoms with Crippen LogP contribution < -0.4 is 4.18 Å². The second kappa shape index (κ2) is 8.46. The van der Waals surface area contributed by atoms with Crippen molar-refractivity contribution in [2.24, 2.45) is 0 Å². The number of allylic oxidation sites excluding steroid dienone is 1. The number of benzene rings is 2. The molecule has 160 valence electrons. The molecule has 0 saturated carbocycles. The van der Waals surface area contributed by atoms with Crippen LogP contribution in [0.1, 0.15) is 46.3 Å². The fraction of sp³-hybridized carbons (Fsp3) is 0.304. The van der Waals surface area contributed by atoms with Crippen molar-refractivity contribution in [2.75, 3.05) is 11.5 Å². The number of Topliss-reactive ketones (excluding diaryl/α,β-unsaturated/α-hetero) is 1. The summed E-state index contributed by atoms with van der Waals surface area (Å²) in [6.07, 6.45) is 4.80. The Morgan fingerprint density at radius 3 is 2.23 bits per heavy atom. The predicted octanol–water partition coefficient (Wildman–Crippen LogP) is 4.08. The third-order valence-electron chi connectivity index (χ3n) is 5.56. The van der Waals surface area contributed by atoms with E-state index in [2.05, 4.69) is 4.79 Å². The van der Waals surface area contributed by atoms with Crippen molar-refractivity contribution in [3.8, 4) is 5.75 Å². The topological polar surface area (TPSA) is 96.8 Å². The van der Waals surface area contributed by atoms with Crippen LogP contribution in [0.5, 0.6) is 5.75 Å². The standard InChI is InChI=1S/C23H23N2O4S2/c1-15-12-17(30-10-6-3-7-11-30)13-16(2)23(15)29-31(27,28)21-14-20(25-24)22(26)19-9-5-4-8-18(19)21/h4-5,8-9,12-14H,3,6-7,10-11H2,1-2H3/q+1. The van der Waals surface area contributed by atoms with E-state index in [1.807, 2.05) is 26.0 Å². The van der Waals surface area contributed by atoms with Crippen molar-refractivity contribution in [2.45, 2.75) is 38.0 Å². The molecule has 1 aliphatic heterocycles. The Morgan fingerprint density at radius 2 is 1.61 bits per heavy atom. The van der Waals surface area contributed by atoms with Crippen molar-refractivity contribution in [3.05, 3.63) is 70.3 Å². The molecule has 6 nitrogen and oxygen atoms in total. The van der Waals surface area contributed by atoms with Gasteiger partial charge < -0.3 is 9.71 Å². The number of fused-ring (bicyclic) bond motifs is 1. The Hall–Kier alpha value is -2.67. The largest absolute Gasteiger partial charge is 0.378 e. The molecule has 0 amide bonds. The van der Waals surface area contributed by atoms with E-state index in [0.29, 0.717) is 5.75 Å². The molecule has 2 aromatic rings. The first-order valence-electron chi connectivity index (χ1n) is 10.1. The average molecular weight is 456 g/mol. The number of hydrogen-bond acceptors (Lipinski definition) is 4. The molecule has 0 aromatic heterocycles. The zero-order valence-corrected chi connectivity index (χ0v) is 19.1. The summed E-state index contributed by atoms with van der Waals surface area (Å²) in [5.41, 5.74) is 10.7. The maximum Gasteiger partial charge on any atom is 0.364 e. The van der Waals surface area contributed by atoms with Crippen molar-refractivity contribution < 1.29 is 22.2 Å². The van der Waals surface area contributed by atoms with Crippen molar-refractivity contribution in [1.29, 1.82) is 0 Å². The van der Waals surface area contributed by atoms with Crippen LogP contribution in [0.2, 0.25) is 0 Å². The molecule has 31 heavy (non-hydrogen) atoms. The van der Waals surface area contributed by atoms with Crippen molar-refractivity contribution in [3.63, 3.8) is 0 Å². The monoisotopic (exact) mass is 455 g/mol. The Labute approximate surface area is 185 Å². The number of carbonyl (C=O) groups is 1. The van der Waals surface area contributed by atoms with E-state index >= 15 is 0 Å². The van der Waals surface area contributed by atoms with Crippen molar-refractivity contribution in [1.82, 2.24) is 0 Å². The number of ketones is 1. The summed E-state index contributed by atoms with van der Waals surface area (Å²) < 4.78 is 32.1. The van der Waals surface area contributed by atoms with Gasteiger partial charge in [0.2, 0.25) is 0 Å². The van der Waals surface area contributed by atoms with Gasteiger partial charge in [-0.05, 0) is 56.4 Å². The first-order chi connectivity index (χ1) is 14.8. The van der Waals surface area contributed by atoms with E-state index in [9.17, 15) is 18.7 Å². The molecule has 0 radical (unpaired) electrons. The van der Waals surface area contributed by atoms with Gasteiger partial charge >= 0.3 is 15.8 Å². The van der Waals surface area contributed by atoms with Crippen LogP contribution in [-0.2, 0) is 21.0 Å².